The van der Waals surface area contributed by atoms with Crippen LogP contribution in [0.1, 0.15) is 23.7 Å². The molecule has 3 N–H and O–H groups in total. The molecule has 17 heavy (non-hydrogen) atoms. The predicted octanol–water partition coefficient (Wildman–Crippen LogP) is -1.09. The van der Waals surface area contributed by atoms with Crippen molar-refractivity contribution < 1.29 is 9.90 Å². The Hall–Kier alpha value is -1.89. The van der Waals surface area contributed by atoms with Crippen LogP contribution in [0.3, 0.4) is 0 Å². The first kappa shape index (κ1) is 13.2. The Bertz CT molecular complexity index is 491. The molecule has 0 unspecified atom stereocenters. The SMILES string of the molecule is CCN(CCCO)C(=O)c1c[nH]c(=O)[nH]c1=O. The van der Waals surface area contributed by atoms with Gasteiger partial charge in [0.05, 0.1) is 0 Å². The van der Waals surface area contributed by atoms with Crippen LogP contribution < -0.4 is 11.2 Å². The monoisotopic (exact) mass is 241 g/mol. The number of aliphatic hydroxyl groups excluding tert-OH is 1. The third kappa shape index (κ3) is 3.28. The minimum absolute atomic E-state index is 0.0221. The van der Waals surface area contributed by atoms with Crippen molar-refractivity contribution in [3.63, 3.8) is 0 Å². The van der Waals surface area contributed by atoms with Gasteiger partial charge in [0.1, 0.15) is 5.56 Å². The van der Waals surface area contributed by atoms with Crippen molar-refractivity contribution in [1.82, 2.24) is 14.9 Å². The number of rotatable bonds is 5. The number of aliphatic hydroxyl groups is 1. The van der Waals surface area contributed by atoms with Crippen molar-refractivity contribution in [3.8, 4) is 0 Å². The smallest absolute Gasteiger partial charge is 0.325 e. The molecule has 1 aromatic rings. The fraction of sp³-hybridized carbons (Fsp3) is 0.500. The van der Waals surface area contributed by atoms with Crippen LogP contribution in [0.5, 0.6) is 0 Å². The number of carbonyl (C=O) groups is 1. The Morgan fingerprint density at radius 2 is 2.18 bits per heavy atom. The summed E-state index contributed by atoms with van der Waals surface area (Å²) in [4.78, 5) is 39.8. The van der Waals surface area contributed by atoms with E-state index in [1.54, 1.807) is 6.92 Å². The van der Waals surface area contributed by atoms with Crippen LogP contribution in [0.4, 0.5) is 0 Å². The van der Waals surface area contributed by atoms with Crippen molar-refractivity contribution in [2.45, 2.75) is 13.3 Å². The molecule has 0 bridgehead atoms. The van der Waals surface area contributed by atoms with E-state index >= 15 is 0 Å². The highest BCUT2D eigenvalue weighted by Crippen LogP contribution is 1.98. The summed E-state index contributed by atoms with van der Waals surface area (Å²) in [6.45, 7) is 2.54. The Morgan fingerprint density at radius 1 is 1.47 bits per heavy atom. The van der Waals surface area contributed by atoms with E-state index < -0.39 is 17.2 Å². The summed E-state index contributed by atoms with van der Waals surface area (Å²) < 4.78 is 0. The molecule has 0 spiro atoms. The first-order chi connectivity index (χ1) is 8.10. The van der Waals surface area contributed by atoms with Crippen molar-refractivity contribution in [2.24, 2.45) is 0 Å². The lowest BCUT2D eigenvalue weighted by molar-refractivity contribution is 0.0752. The quantitative estimate of drug-likeness (QED) is 0.608. The van der Waals surface area contributed by atoms with Crippen molar-refractivity contribution in [3.05, 3.63) is 32.6 Å². The number of hydrogen-bond donors (Lipinski definition) is 3. The molecule has 1 rings (SSSR count). The molecule has 94 valence electrons. The van der Waals surface area contributed by atoms with Gasteiger partial charge in [0.2, 0.25) is 0 Å². The molecule has 0 aliphatic rings. The molecule has 0 saturated carbocycles. The predicted molar refractivity (Wildman–Crippen MR) is 61.0 cm³/mol. The normalized spacial score (nSPS) is 10.2. The fourth-order valence-electron chi connectivity index (χ4n) is 1.40. The van der Waals surface area contributed by atoms with Gasteiger partial charge in [0.25, 0.3) is 11.5 Å². The fourth-order valence-corrected chi connectivity index (χ4v) is 1.40. The van der Waals surface area contributed by atoms with Gasteiger partial charge in [-0.25, -0.2) is 4.79 Å². The summed E-state index contributed by atoms with van der Waals surface area (Å²) >= 11 is 0. The number of hydrogen-bond acceptors (Lipinski definition) is 4. The minimum atomic E-state index is -0.707. The second-order valence-electron chi connectivity index (χ2n) is 3.45. The van der Waals surface area contributed by atoms with E-state index in [9.17, 15) is 14.4 Å². The third-order valence-corrected chi connectivity index (χ3v) is 2.30. The first-order valence-corrected chi connectivity index (χ1v) is 5.32. The average Bonchev–Trinajstić information content (AvgIpc) is 2.29. The number of carbonyl (C=O) groups excluding carboxylic acids is 1. The lowest BCUT2D eigenvalue weighted by atomic mass is 10.2. The molecule has 0 saturated heterocycles. The highest BCUT2D eigenvalue weighted by Gasteiger charge is 2.17. The molecule has 0 radical (unpaired) electrons. The van der Waals surface area contributed by atoms with Gasteiger partial charge in [-0.05, 0) is 13.3 Å². The standard InChI is InChI=1S/C10H15N3O4/c1-2-13(4-3-5-14)9(16)7-6-11-10(17)12-8(7)15/h6,14H,2-5H2,1H3,(H2,11,12,15,17). The summed E-state index contributed by atoms with van der Waals surface area (Å²) in [5, 5.41) is 8.70. The summed E-state index contributed by atoms with van der Waals surface area (Å²) in [6.07, 6.45) is 1.55. The summed E-state index contributed by atoms with van der Waals surface area (Å²) in [6, 6.07) is 0. The van der Waals surface area contributed by atoms with Crippen molar-refractivity contribution >= 4 is 5.91 Å². The van der Waals surface area contributed by atoms with Gasteiger partial charge in [-0.3, -0.25) is 14.6 Å². The topological polar surface area (TPSA) is 106 Å². The Kier molecular flexibility index (Phi) is 4.65. The van der Waals surface area contributed by atoms with Gasteiger partial charge in [0, 0.05) is 25.9 Å². The van der Waals surface area contributed by atoms with Gasteiger partial charge in [0.15, 0.2) is 0 Å². The largest absolute Gasteiger partial charge is 0.396 e. The third-order valence-electron chi connectivity index (χ3n) is 2.30. The lowest BCUT2D eigenvalue weighted by Gasteiger charge is -2.19. The maximum Gasteiger partial charge on any atom is 0.325 e. The minimum Gasteiger partial charge on any atom is -0.396 e. The second-order valence-corrected chi connectivity index (χ2v) is 3.45. The summed E-state index contributed by atoms with van der Waals surface area (Å²) in [5.41, 5.74) is -1.46. The molecule has 0 aliphatic heterocycles. The van der Waals surface area contributed by atoms with Gasteiger partial charge >= 0.3 is 5.69 Å². The number of amides is 1. The molecular formula is C10H15N3O4. The lowest BCUT2D eigenvalue weighted by Crippen LogP contribution is -2.37. The van der Waals surface area contributed by atoms with Crippen LogP contribution in [0, 0.1) is 0 Å². The Morgan fingerprint density at radius 3 is 2.71 bits per heavy atom. The number of aromatic amines is 2. The van der Waals surface area contributed by atoms with Crippen LogP contribution in [-0.4, -0.2) is 45.6 Å². The molecule has 0 atom stereocenters. The summed E-state index contributed by atoms with van der Waals surface area (Å²) in [7, 11) is 0. The number of H-pyrrole nitrogens is 2. The Labute approximate surface area is 97.1 Å². The molecule has 1 aromatic heterocycles. The second kappa shape index (κ2) is 6.00. The summed E-state index contributed by atoms with van der Waals surface area (Å²) in [5.74, 6) is -0.460. The molecule has 0 aromatic carbocycles. The zero-order valence-electron chi connectivity index (χ0n) is 9.52. The highest BCUT2D eigenvalue weighted by atomic mass is 16.3. The first-order valence-electron chi connectivity index (χ1n) is 5.32. The maximum atomic E-state index is 11.9. The van der Waals surface area contributed by atoms with E-state index in [1.165, 1.54) is 4.90 Å². The van der Waals surface area contributed by atoms with Crippen molar-refractivity contribution in [1.29, 1.82) is 0 Å². The molecule has 0 aliphatic carbocycles. The van der Waals surface area contributed by atoms with E-state index in [0.717, 1.165) is 6.20 Å². The van der Waals surface area contributed by atoms with Gasteiger partial charge in [-0.1, -0.05) is 0 Å². The molecule has 1 amide bonds. The molecule has 7 nitrogen and oxygen atoms in total. The van der Waals surface area contributed by atoms with Gasteiger partial charge < -0.3 is 15.0 Å². The van der Waals surface area contributed by atoms with E-state index in [1.807, 2.05) is 4.98 Å². The van der Waals surface area contributed by atoms with E-state index in [-0.39, 0.29) is 12.2 Å². The van der Waals surface area contributed by atoms with Crippen LogP contribution >= 0.6 is 0 Å². The molecular weight excluding hydrogens is 226 g/mol. The Balaban J connectivity index is 2.94. The molecule has 7 heteroatoms. The van der Waals surface area contributed by atoms with Gasteiger partial charge in [-0.2, -0.15) is 0 Å². The average molecular weight is 241 g/mol. The zero-order valence-corrected chi connectivity index (χ0v) is 9.52. The zero-order chi connectivity index (χ0) is 12.8. The maximum absolute atomic E-state index is 11.9. The highest BCUT2D eigenvalue weighted by molar-refractivity contribution is 5.93. The van der Waals surface area contributed by atoms with Crippen molar-refractivity contribution in [2.75, 3.05) is 19.7 Å². The van der Waals surface area contributed by atoms with E-state index in [0.29, 0.717) is 19.5 Å². The molecule has 1 heterocycles. The van der Waals surface area contributed by atoms with Crippen LogP contribution in [0.25, 0.3) is 0 Å². The number of aromatic nitrogens is 2. The molecule has 0 fully saturated rings. The van der Waals surface area contributed by atoms with E-state index in [2.05, 4.69) is 4.98 Å². The van der Waals surface area contributed by atoms with E-state index in [4.69, 9.17) is 5.11 Å². The van der Waals surface area contributed by atoms with Gasteiger partial charge in [-0.15, -0.1) is 0 Å². The number of nitrogens with zero attached hydrogens (tertiary/aromatic N) is 1. The van der Waals surface area contributed by atoms with Crippen LogP contribution in [0.15, 0.2) is 15.8 Å². The van der Waals surface area contributed by atoms with Crippen LogP contribution in [-0.2, 0) is 0 Å². The van der Waals surface area contributed by atoms with Crippen LogP contribution in [0.2, 0.25) is 0 Å². The number of nitrogens with one attached hydrogen (secondary N) is 2.